The predicted molar refractivity (Wildman–Crippen MR) is 64.5 cm³/mol. The summed E-state index contributed by atoms with van der Waals surface area (Å²) in [5.74, 6) is -2.25. The van der Waals surface area contributed by atoms with E-state index < -0.39 is 23.7 Å². The topological polar surface area (TPSA) is 143 Å². The first-order valence-electron chi connectivity index (χ1n) is 5.49. The Hall–Kier alpha value is -3.65. The molecule has 4 N–H and O–H groups in total. The van der Waals surface area contributed by atoms with Crippen LogP contribution in [-0.4, -0.2) is 56.5 Å². The van der Waals surface area contributed by atoms with Gasteiger partial charge in [0.1, 0.15) is 0 Å². The summed E-state index contributed by atoms with van der Waals surface area (Å²) >= 11 is 0. The van der Waals surface area contributed by atoms with Crippen LogP contribution in [0, 0.1) is 0 Å². The van der Waals surface area contributed by atoms with E-state index in [2.05, 4.69) is 20.7 Å². The maximum Gasteiger partial charge on any atom is 0.304 e. The van der Waals surface area contributed by atoms with Crippen molar-refractivity contribution >= 4 is 30.1 Å². The molecule has 10 nitrogen and oxygen atoms in total. The quantitative estimate of drug-likeness (QED) is 0.103. The number of hydrogen-bond donors (Lipinski definition) is 4. The van der Waals surface area contributed by atoms with Gasteiger partial charge in [-0.1, -0.05) is 0 Å². The summed E-state index contributed by atoms with van der Waals surface area (Å²) in [5.41, 5.74) is 0. The first-order chi connectivity index (χ1) is 9.45. The molecule has 0 saturated carbocycles. The van der Waals surface area contributed by atoms with Crippen molar-refractivity contribution in [3.05, 3.63) is 0 Å². The predicted octanol–water partition coefficient (Wildman–Crippen LogP) is -3.49. The van der Waals surface area contributed by atoms with Gasteiger partial charge in [0.05, 0.1) is 19.6 Å². The van der Waals surface area contributed by atoms with Gasteiger partial charge in [-0.05, 0) is 0 Å². The third kappa shape index (κ3) is 12.6. The fourth-order valence-corrected chi connectivity index (χ4v) is 0.880. The first kappa shape index (κ1) is 19.7. The third-order valence-electron chi connectivity index (χ3n) is 1.76. The number of nitrogens with one attached hydrogen (secondary N) is 4. The van der Waals surface area contributed by atoms with Crippen LogP contribution < -0.4 is 21.3 Å². The summed E-state index contributed by atoms with van der Waals surface area (Å²) in [6, 6.07) is 0. The van der Waals surface area contributed by atoms with E-state index in [4.69, 9.17) is 0 Å². The number of ether oxygens (including phenoxy) is 1. The fraction of sp³-hybridized carbons (Fsp3) is 0.500. The molecule has 21 heavy (non-hydrogen) atoms. The van der Waals surface area contributed by atoms with Crippen molar-refractivity contribution in [3.63, 3.8) is 0 Å². The summed E-state index contributed by atoms with van der Waals surface area (Å²) in [6.07, 6.45) is 1.30. The van der Waals surface area contributed by atoms with Gasteiger partial charge in [-0.3, -0.25) is 19.2 Å². The molecule has 0 aliphatic carbocycles. The Bertz CT molecular complexity index is 390. The molecule has 0 fully saturated rings. The van der Waals surface area contributed by atoms with Crippen LogP contribution in [-0.2, 0) is 28.7 Å². The first-order valence-corrected chi connectivity index (χ1v) is 5.49. The zero-order valence-electron chi connectivity index (χ0n) is 11.1. The van der Waals surface area contributed by atoms with Crippen molar-refractivity contribution in [2.75, 3.05) is 26.4 Å². The van der Waals surface area contributed by atoms with Gasteiger partial charge in [-0.2, -0.15) is 6.41 Å². The van der Waals surface area contributed by atoms with E-state index in [0.29, 0.717) is 0 Å². The summed E-state index contributed by atoms with van der Waals surface area (Å²) in [7, 11) is 0. The fourth-order valence-electron chi connectivity index (χ4n) is 0.880. The van der Waals surface area contributed by atoms with E-state index >= 15 is 0 Å². The van der Waals surface area contributed by atoms with Crippen molar-refractivity contribution in [3.8, 4) is 0 Å². The van der Waals surface area contributed by atoms with Gasteiger partial charge in [0.2, 0.25) is 17.7 Å². The molecule has 0 aliphatic rings. The van der Waals surface area contributed by atoms with Crippen LogP contribution in [0.3, 0.4) is 0 Å². The van der Waals surface area contributed by atoms with Gasteiger partial charge < -0.3 is 30.8 Å². The summed E-state index contributed by atoms with van der Waals surface area (Å²) in [6.45, 7) is -0.0466. The Morgan fingerprint density at radius 1 is 0.905 bits per heavy atom. The molecule has 0 aromatic heterocycles. The minimum atomic E-state index is -0.587. The van der Waals surface area contributed by atoms with Gasteiger partial charge >= 0.3 is 5.97 Å². The number of rotatable bonds is 9. The number of hydrogen-bond acceptors (Lipinski definition) is 6. The van der Waals surface area contributed by atoms with E-state index in [-0.39, 0.29) is 26.4 Å². The van der Waals surface area contributed by atoms with E-state index in [0.717, 1.165) is 0 Å². The van der Waals surface area contributed by atoms with E-state index in [1.807, 2.05) is 5.32 Å². The minimum Gasteiger partial charge on any atom is -0.522 e. The molecule has 0 aliphatic heterocycles. The summed E-state index contributed by atoms with van der Waals surface area (Å²) in [5, 5.41) is 8.66. The number of carbonyl (C=O) groups excluding carboxylic acids is 5. The molecule has 124 valence electrons. The molecule has 0 unspecified atom stereocenters. The average Bonchev–Trinajstić information content (AvgIpc) is 2.40. The Balaban J connectivity index is 0. The number of amides is 4. The summed E-state index contributed by atoms with van der Waals surface area (Å²) < 4.78 is 4.46. The van der Waals surface area contributed by atoms with Crippen LogP contribution in [0.15, 0.2) is 0 Å². The smallest absolute Gasteiger partial charge is 0.304 e. The number of esters is 1. The zero-order valence-corrected chi connectivity index (χ0v) is 13.5. The molecule has 0 aromatic carbocycles. The molecule has 0 spiro atoms. The number of carbonyl (C=O) groups is 4. The van der Waals surface area contributed by atoms with Gasteiger partial charge in [-0.25, -0.2) is 0 Å². The molecule has 4 amide bonds. The molecule has 0 bridgehead atoms. The van der Waals surface area contributed by atoms with Gasteiger partial charge in [0, 0.05) is 6.92 Å². The van der Waals surface area contributed by atoms with E-state index in [9.17, 15) is 24.0 Å². The van der Waals surface area contributed by atoms with Crippen LogP contribution >= 0.6 is 0 Å². The van der Waals surface area contributed by atoms with Crippen LogP contribution in [0.25, 0.3) is 0 Å². The Kier molecular flexibility index (Phi) is 10.7. The van der Waals surface area contributed by atoms with E-state index in [1.54, 1.807) is 0 Å². The van der Waals surface area contributed by atoms with Gasteiger partial charge in [0.25, 0.3) is 0 Å². The molecular weight excluding hydrogens is 529 g/mol. The van der Waals surface area contributed by atoms with Gasteiger partial charge in [0.15, 0.2) is 6.73 Å². The largest absolute Gasteiger partial charge is 0.522 e. The second kappa shape index (κ2) is 11.4. The molecule has 0 rings (SSSR count). The van der Waals surface area contributed by atoms with E-state index in [1.165, 1.54) is 13.3 Å². The van der Waals surface area contributed by atoms with Crippen molar-refractivity contribution in [2.24, 2.45) is 0 Å². The molecule has 0 heterocycles. The Morgan fingerprint density at radius 3 is 1.86 bits per heavy atom. The van der Waals surface area contributed by atoms with Crippen molar-refractivity contribution in [1.29, 1.82) is 0 Å². The van der Waals surface area contributed by atoms with Crippen LogP contribution in [0.5, 0.6) is 0 Å². The van der Waals surface area contributed by atoms with Crippen LogP contribution in [0.4, 0.5) is 0 Å². The molecule has 0 atom stereocenters. The summed E-state index contributed by atoms with van der Waals surface area (Å²) in [4.78, 5) is 53.5. The van der Waals surface area contributed by atoms with Crippen LogP contribution in [0.2, 0.25) is 0 Å². The molecule has 0 radical (unpaired) electrons. The normalized spacial score (nSPS) is 8.62. The van der Waals surface area contributed by atoms with Crippen molar-refractivity contribution < 1.29 is 28.7 Å². The Morgan fingerprint density at radius 2 is 1.38 bits per heavy atom. The van der Waals surface area contributed by atoms with Gasteiger partial charge in [-0.15, -0.1) is 0 Å². The third-order valence-corrected chi connectivity index (χ3v) is 1.76. The standard InChI is InChI=1S/C10H15N4O6.Fm/c1-7(16)20-6-14-10(19)4-13-9(18)3-12-8(17)2-11-5-15;/h2-4,6H2,1H3,(H,11,15)(H,12,17)(H,13,18)(H,14,19);/q-1;. The molecule has 11 heteroatoms. The SMILES string of the molecule is CC(=O)OCNC(=O)CNC(=O)CNC(=O)CN[C-]=O.[Fm]. The van der Waals surface area contributed by atoms with Crippen molar-refractivity contribution in [1.82, 2.24) is 21.3 Å². The maximum atomic E-state index is 11.2. The molecule has 0 saturated heterocycles. The zero-order chi connectivity index (χ0) is 15.4. The minimum absolute atomic E-state index is 0. The van der Waals surface area contributed by atoms with Crippen molar-refractivity contribution in [2.45, 2.75) is 6.92 Å². The Labute approximate surface area is 114 Å². The van der Waals surface area contributed by atoms with Crippen LogP contribution in [0.1, 0.15) is 6.92 Å². The average molecular weight is 544 g/mol. The second-order valence-electron chi connectivity index (χ2n) is 3.39. The monoisotopic (exact) mass is 544 g/mol. The maximum absolute atomic E-state index is 11.2. The molecule has 0 aromatic rings. The second-order valence-corrected chi connectivity index (χ2v) is 3.39. The molecular formula is C10H15FmN4O6-.